The average molecular weight is 427 g/mol. The van der Waals surface area contributed by atoms with Crippen LogP contribution in [0.1, 0.15) is 10.4 Å². The van der Waals surface area contributed by atoms with E-state index in [2.05, 4.69) is 10.6 Å². The van der Waals surface area contributed by atoms with E-state index in [0.29, 0.717) is 11.3 Å². The average Bonchev–Trinajstić information content (AvgIpc) is 2.74. The van der Waals surface area contributed by atoms with Gasteiger partial charge in [-0.3, -0.25) is 4.79 Å². The SMILES string of the molecule is COc1ccc(Nc2ccccc2C(=O)Nc2ccc(OC)c(S(N)(=O)=O)c2)cc1. The van der Waals surface area contributed by atoms with Crippen molar-refractivity contribution in [2.24, 2.45) is 5.14 Å². The highest BCUT2D eigenvalue weighted by atomic mass is 32.2. The molecule has 3 rings (SSSR count). The second-order valence-electron chi connectivity index (χ2n) is 6.26. The number of anilines is 3. The lowest BCUT2D eigenvalue weighted by molar-refractivity contribution is 0.102. The van der Waals surface area contributed by atoms with E-state index in [0.717, 1.165) is 11.4 Å². The van der Waals surface area contributed by atoms with Gasteiger partial charge in [-0.1, -0.05) is 12.1 Å². The van der Waals surface area contributed by atoms with Crippen LogP contribution in [-0.4, -0.2) is 28.5 Å². The Kier molecular flexibility index (Phi) is 6.24. The van der Waals surface area contributed by atoms with Gasteiger partial charge in [0.2, 0.25) is 10.0 Å². The Labute approximate surface area is 174 Å². The fourth-order valence-corrected chi connectivity index (χ4v) is 3.52. The van der Waals surface area contributed by atoms with Gasteiger partial charge in [-0.05, 0) is 54.6 Å². The van der Waals surface area contributed by atoms with Crippen molar-refractivity contribution in [3.63, 3.8) is 0 Å². The maximum Gasteiger partial charge on any atom is 0.257 e. The standard InChI is InChI=1S/C21H21N3O5S/c1-28-16-10-7-14(8-11-16)23-18-6-4-3-5-17(18)21(25)24-15-9-12-19(29-2)20(13-15)30(22,26)27/h3-13,23H,1-2H3,(H,24,25)(H2,22,26,27). The van der Waals surface area contributed by atoms with E-state index in [9.17, 15) is 13.2 Å². The number of hydrogen-bond acceptors (Lipinski definition) is 6. The maximum absolute atomic E-state index is 12.9. The van der Waals surface area contributed by atoms with Crippen LogP contribution in [0.3, 0.4) is 0 Å². The Morgan fingerprint density at radius 2 is 1.57 bits per heavy atom. The maximum atomic E-state index is 12.9. The number of sulfonamides is 1. The molecule has 30 heavy (non-hydrogen) atoms. The molecule has 9 heteroatoms. The monoisotopic (exact) mass is 427 g/mol. The number of nitrogens with one attached hydrogen (secondary N) is 2. The number of para-hydroxylation sites is 1. The molecule has 0 aromatic heterocycles. The fraction of sp³-hybridized carbons (Fsp3) is 0.0952. The van der Waals surface area contributed by atoms with Gasteiger partial charge < -0.3 is 20.1 Å². The summed E-state index contributed by atoms with van der Waals surface area (Å²) in [4.78, 5) is 12.6. The molecule has 0 heterocycles. The van der Waals surface area contributed by atoms with E-state index in [1.807, 2.05) is 12.1 Å². The summed E-state index contributed by atoms with van der Waals surface area (Å²) in [5.74, 6) is 0.394. The van der Waals surface area contributed by atoms with Crippen molar-refractivity contribution in [3.05, 3.63) is 72.3 Å². The van der Waals surface area contributed by atoms with Crippen LogP contribution >= 0.6 is 0 Å². The summed E-state index contributed by atoms with van der Waals surface area (Å²) in [7, 11) is -1.10. The number of methoxy groups -OCH3 is 2. The van der Waals surface area contributed by atoms with Crippen LogP contribution in [-0.2, 0) is 10.0 Å². The quantitative estimate of drug-likeness (QED) is 0.532. The molecule has 156 valence electrons. The van der Waals surface area contributed by atoms with E-state index in [1.54, 1.807) is 43.5 Å². The molecule has 0 aliphatic heterocycles. The van der Waals surface area contributed by atoms with E-state index in [1.165, 1.54) is 25.3 Å². The second-order valence-corrected chi connectivity index (χ2v) is 7.79. The van der Waals surface area contributed by atoms with Gasteiger partial charge >= 0.3 is 0 Å². The first-order chi connectivity index (χ1) is 14.3. The first-order valence-corrected chi connectivity index (χ1v) is 10.4. The van der Waals surface area contributed by atoms with E-state index >= 15 is 0 Å². The molecular weight excluding hydrogens is 406 g/mol. The number of ether oxygens (including phenoxy) is 2. The number of nitrogens with two attached hydrogens (primary N) is 1. The zero-order valence-electron chi connectivity index (χ0n) is 16.4. The largest absolute Gasteiger partial charge is 0.497 e. The molecule has 1 amide bonds. The Morgan fingerprint density at radius 1 is 0.900 bits per heavy atom. The molecule has 0 bridgehead atoms. The summed E-state index contributed by atoms with van der Waals surface area (Å²) in [6, 6.07) is 18.4. The van der Waals surface area contributed by atoms with Crippen LogP contribution in [0.4, 0.5) is 17.1 Å². The van der Waals surface area contributed by atoms with Crippen molar-refractivity contribution in [2.45, 2.75) is 4.90 Å². The van der Waals surface area contributed by atoms with E-state index in [4.69, 9.17) is 14.6 Å². The Balaban J connectivity index is 1.86. The third-order valence-corrected chi connectivity index (χ3v) is 5.20. The molecule has 0 saturated heterocycles. The molecule has 0 aliphatic carbocycles. The minimum absolute atomic E-state index is 0.0945. The number of hydrogen-bond donors (Lipinski definition) is 3. The highest BCUT2D eigenvalue weighted by Crippen LogP contribution is 2.28. The van der Waals surface area contributed by atoms with Crippen molar-refractivity contribution >= 4 is 33.0 Å². The van der Waals surface area contributed by atoms with Gasteiger partial charge in [0.1, 0.15) is 16.4 Å². The lowest BCUT2D eigenvalue weighted by atomic mass is 10.1. The fourth-order valence-electron chi connectivity index (χ4n) is 2.80. The van der Waals surface area contributed by atoms with Gasteiger partial charge in [0.25, 0.3) is 5.91 Å². The Hall–Kier alpha value is -3.56. The lowest BCUT2D eigenvalue weighted by Crippen LogP contribution is -2.16. The normalized spacial score (nSPS) is 10.9. The molecule has 0 spiro atoms. The smallest absolute Gasteiger partial charge is 0.257 e. The van der Waals surface area contributed by atoms with Crippen molar-refractivity contribution in [2.75, 3.05) is 24.9 Å². The highest BCUT2D eigenvalue weighted by molar-refractivity contribution is 7.89. The Morgan fingerprint density at radius 3 is 2.20 bits per heavy atom. The van der Waals surface area contributed by atoms with Gasteiger partial charge in [-0.25, -0.2) is 13.6 Å². The van der Waals surface area contributed by atoms with Crippen LogP contribution in [0.2, 0.25) is 0 Å². The minimum Gasteiger partial charge on any atom is -0.497 e. The second kappa shape index (κ2) is 8.85. The minimum atomic E-state index is -4.02. The predicted molar refractivity (Wildman–Crippen MR) is 115 cm³/mol. The molecule has 8 nitrogen and oxygen atoms in total. The molecule has 0 atom stereocenters. The summed E-state index contributed by atoms with van der Waals surface area (Å²) in [5, 5.41) is 11.1. The van der Waals surface area contributed by atoms with Crippen molar-refractivity contribution in [1.29, 1.82) is 0 Å². The van der Waals surface area contributed by atoms with E-state index in [-0.39, 0.29) is 16.3 Å². The van der Waals surface area contributed by atoms with E-state index < -0.39 is 15.9 Å². The first kappa shape index (κ1) is 21.2. The summed E-state index contributed by atoms with van der Waals surface area (Å²) in [6.45, 7) is 0. The van der Waals surface area contributed by atoms with Crippen LogP contribution in [0.15, 0.2) is 71.6 Å². The highest BCUT2D eigenvalue weighted by Gasteiger charge is 2.17. The molecule has 0 saturated carbocycles. The molecular formula is C21H21N3O5S. The number of amides is 1. The number of rotatable bonds is 7. The van der Waals surface area contributed by atoms with Crippen LogP contribution in [0, 0.1) is 0 Å². The predicted octanol–water partition coefficient (Wildman–Crippen LogP) is 3.35. The van der Waals surface area contributed by atoms with Crippen LogP contribution < -0.4 is 25.2 Å². The van der Waals surface area contributed by atoms with Gasteiger partial charge in [0.05, 0.1) is 25.5 Å². The van der Waals surface area contributed by atoms with Crippen molar-refractivity contribution in [3.8, 4) is 11.5 Å². The number of carbonyl (C=O) groups is 1. The van der Waals surface area contributed by atoms with Crippen molar-refractivity contribution < 1.29 is 22.7 Å². The van der Waals surface area contributed by atoms with Crippen LogP contribution in [0.5, 0.6) is 11.5 Å². The number of primary sulfonamides is 1. The van der Waals surface area contributed by atoms with Gasteiger partial charge in [0, 0.05) is 11.4 Å². The molecule has 3 aromatic rings. The topological polar surface area (TPSA) is 120 Å². The molecule has 0 fully saturated rings. The van der Waals surface area contributed by atoms with Gasteiger partial charge in [0.15, 0.2) is 0 Å². The van der Waals surface area contributed by atoms with Gasteiger partial charge in [-0.15, -0.1) is 0 Å². The summed E-state index contributed by atoms with van der Waals surface area (Å²) >= 11 is 0. The molecule has 3 aromatic carbocycles. The summed E-state index contributed by atoms with van der Waals surface area (Å²) in [6.07, 6.45) is 0. The zero-order valence-corrected chi connectivity index (χ0v) is 17.2. The van der Waals surface area contributed by atoms with Gasteiger partial charge in [-0.2, -0.15) is 0 Å². The Bertz CT molecular complexity index is 1160. The first-order valence-electron chi connectivity index (χ1n) is 8.84. The molecule has 0 unspecified atom stereocenters. The summed E-state index contributed by atoms with van der Waals surface area (Å²) in [5.41, 5.74) is 2.00. The lowest BCUT2D eigenvalue weighted by Gasteiger charge is -2.14. The number of benzene rings is 3. The zero-order chi connectivity index (χ0) is 21.7. The number of carbonyl (C=O) groups excluding carboxylic acids is 1. The summed E-state index contributed by atoms with van der Waals surface area (Å²) < 4.78 is 33.8. The van der Waals surface area contributed by atoms with Crippen molar-refractivity contribution in [1.82, 2.24) is 0 Å². The molecule has 0 aliphatic rings. The third kappa shape index (κ3) is 4.88. The molecule has 4 N–H and O–H groups in total. The third-order valence-electron chi connectivity index (χ3n) is 4.27. The molecule has 0 radical (unpaired) electrons. The van der Waals surface area contributed by atoms with Crippen LogP contribution in [0.25, 0.3) is 0 Å².